The van der Waals surface area contributed by atoms with Crippen LogP contribution in [0.3, 0.4) is 0 Å². The van der Waals surface area contributed by atoms with E-state index >= 15 is 0 Å². The first kappa shape index (κ1) is 22.3. The summed E-state index contributed by atoms with van der Waals surface area (Å²) in [4.78, 5) is 41.2. The van der Waals surface area contributed by atoms with E-state index in [0.29, 0.717) is 6.42 Å². The van der Waals surface area contributed by atoms with E-state index in [-0.39, 0.29) is 18.5 Å². The SMILES string of the molecule is CCC[C@@H](C(=O)NNC(=O)c1ccncc1)N(CC)C(=O)NOS(=O)(=O)O. The molecular weight excluding hydrogens is 382 g/mol. The maximum Gasteiger partial charge on any atom is 0.418 e. The van der Waals surface area contributed by atoms with E-state index in [1.54, 1.807) is 13.8 Å². The monoisotopic (exact) mass is 403 g/mol. The van der Waals surface area contributed by atoms with Crippen molar-refractivity contribution in [1.29, 1.82) is 0 Å². The number of carbonyl (C=O) groups excluding carboxylic acids is 3. The van der Waals surface area contributed by atoms with Gasteiger partial charge in [-0.05, 0) is 25.5 Å². The predicted molar refractivity (Wildman–Crippen MR) is 92.1 cm³/mol. The second kappa shape index (κ2) is 10.4. The first-order valence-electron chi connectivity index (χ1n) is 7.92. The zero-order valence-corrected chi connectivity index (χ0v) is 15.5. The van der Waals surface area contributed by atoms with Crippen molar-refractivity contribution >= 4 is 28.2 Å². The van der Waals surface area contributed by atoms with Gasteiger partial charge in [-0.3, -0.25) is 30.0 Å². The Balaban J connectivity index is 2.76. The minimum absolute atomic E-state index is 0.0249. The number of aromatic nitrogens is 1. The van der Waals surface area contributed by atoms with Crippen molar-refractivity contribution in [3.05, 3.63) is 30.1 Å². The molecule has 1 rings (SSSR count). The van der Waals surface area contributed by atoms with Gasteiger partial charge in [0.25, 0.3) is 11.8 Å². The van der Waals surface area contributed by atoms with Gasteiger partial charge in [0.1, 0.15) is 6.04 Å². The van der Waals surface area contributed by atoms with Crippen LogP contribution in [0.4, 0.5) is 4.79 Å². The molecule has 0 bridgehead atoms. The Bertz CT molecular complexity index is 756. The second-order valence-corrected chi connectivity index (χ2v) is 6.21. The zero-order valence-electron chi connectivity index (χ0n) is 14.7. The van der Waals surface area contributed by atoms with Crippen molar-refractivity contribution in [2.45, 2.75) is 32.7 Å². The van der Waals surface area contributed by atoms with Gasteiger partial charge in [0.2, 0.25) is 0 Å². The number of hydroxylamine groups is 1. The lowest BCUT2D eigenvalue weighted by atomic mass is 10.1. The Labute approximate surface area is 156 Å². The normalized spacial score (nSPS) is 12.0. The topological polar surface area (TPSA) is 167 Å². The second-order valence-electron chi connectivity index (χ2n) is 5.19. The number of hydrazine groups is 1. The van der Waals surface area contributed by atoms with E-state index in [0.717, 1.165) is 4.90 Å². The van der Waals surface area contributed by atoms with Crippen molar-refractivity contribution in [2.24, 2.45) is 0 Å². The molecule has 0 spiro atoms. The third-order valence-corrected chi connectivity index (χ3v) is 3.61. The lowest BCUT2D eigenvalue weighted by molar-refractivity contribution is -0.126. The molecule has 0 aromatic carbocycles. The minimum Gasteiger partial charge on any atom is -0.311 e. The van der Waals surface area contributed by atoms with Crippen LogP contribution < -0.4 is 16.3 Å². The van der Waals surface area contributed by atoms with Gasteiger partial charge in [-0.15, -0.1) is 4.28 Å². The molecule has 0 aliphatic heterocycles. The number of carbonyl (C=O) groups is 3. The molecule has 4 N–H and O–H groups in total. The number of pyridine rings is 1. The van der Waals surface area contributed by atoms with Crippen molar-refractivity contribution in [2.75, 3.05) is 6.54 Å². The summed E-state index contributed by atoms with van der Waals surface area (Å²) in [6.07, 6.45) is 3.56. The Morgan fingerprint density at radius 1 is 1.22 bits per heavy atom. The molecule has 0 radical (unpaired) electrons. The summed E-state index contributed by atoms with van der Waals surface area (Å²) >= 11 is 0. The fraction of sp³-hybridized carbons (Fsp3) is 0.429. The summed E-state index contributed by atoms with van der Waals surface area (Å²) in [5.74, 6) is -1.27. The van der Waals surface area contributed by atoms with E-state index in [4.69, 9.17) is 4.55 Å². The van der Waals surface area contributed by atoms with Gasteiger partial charge < -0.3 is 4.90 Å². The Morgan fingerprint density at radius 3 is 2.37 bits per heavy atom. The van der Waals surface area contributed by atoms with Crippen LogP contribution in [-0.4, -0.2) is 53.3 Å². The molecular formula is C14H21N5O7S. The standard InChI is InChI=1S/C14H21N5O7S/c1-3-5-11(19(4-2)14(22)18-26-27(23,24)25)13(21)17-16-12(20)10-6-8-15-9-7-10/h6-9,11H,3-5H2,1-2H3,(H,16,20)(H,17,21)(H,18,22)(H,23,24,25)/t11-/m0/s1. The Hall–Kier alpha value is -2.77. The number of rotatable bonds is 8. The molecule has 0 fully saturated rings. The number of hydrogen-bond acceptors (Lipinski definition) is 7. The molecule has 150 valence electrons. The maximum absolute atomic E-state index is 12.4. The third-order valence-electron chi connectivity index (χ3n) is 3.32. The first-order chi connectivity index (χ1) is 12.7. The van der Waals surface area contributed by atoms with Gasteiger partial charge in [-0.2, -0.15) is 13.9 Å². The average molecular weight is 403 g/mol. The fourth-order valence-corrected chi connectivity index (χ4v) is 2.31. The summed E-state index contributed by atoms with van der Waals surface area (Å²) in [7, 11) is -4.89. The van der Waals surface area contributed by atoms with Crippen molar-refractivity contribution in [3.8, 4) is 0 Å². The molecule has 1 atom stereocenters. The van der Waals surface area contributed by atoms with E-state index < -0.39 is 34.3 Å². The zero-order chi connectivity index (χ0) is 20.4. The molecule has 12 nitrogen and oxygen atoms in total. The van der Waals surface area contributed by atoms with Gasteiger partial charge in [0.05, 0.1) is 0 Å². The van der Waals surface area contributed by atoms with E-state index in [1.165, 1.54) is 30.0 Å². The number of amides is 4. The van der Waals surface area contributed by atoms with E-state index in [1.807, 2.05) is 0 Å². The van der Waals surface area contributed by atoms with Crippen molar-refractivity contribution in [1.82, 2.24) is 26.2 Å². The highest BCUT2D eigenvalue weighted by Crippen LogP contribution is 2.08. The summed E-state index contributed by atoms with van der Waals surface area (Å²) in [6.45, 7) is 3.35. The number of nitrogens with zero attached hydrogens (tertiary/aromatic N) is 2. The molecule has 1 aromatic rings. The number of likely N-dealkylation sites (N-methyl/N-ethyl adjacent to an activating group) is 1. The van der Waals surface area contributed by atoms with Gasteiger partial charge in [-0.25, -0.2) is 4.79 Å². The van der Waals surface area contributed by atoms with E-state index in [2.05, 4.69) is 20.1 Å². The summed E-state index contributed by atoms with van der Waals surface area (Å²) in [6, 6.07) is 0.819. The number of hydrogen-bond donors (Lipinski definition) is 4. The quantitative estimate of drug-likeness (QED) is 0.341. The maximum atomic E-state index is 12.4. The van der Waals surface area contributed by atoms with Gasteiger partial charge in [0.15, 0.2) is 0 Å². The largest absolute Gasteiger partial charge is 0.418 e. The lowest BCUT2D eigenvalue weighted by Crippen LogP contribution is -2.56. The van der Waals surface area contributed by atoms with Crippen LogP contribution in [-0.2, 0) is 19.5 Å². The molecule has 0 saturated carbocycles. The molecule has 4 amide bonds. The van der Waals surface area contributed by atoms with Crippen molar-refractivity contribution in [3.63, 3.8) is 0 Å². The molecule has 0 saturated heterocycles. The third kappa shape index (κ3) is 7.55. The number of nitrogens with one attached hydrogen (secondary N) is 3. The molecule has 1 aromatic heterocycles. The van der Waals surface area contributed by atoms with Gasteiger partial charge in [-0.1, -0.05) is 13.3 Å². The van der Waals surface area contributed by atoms with Crippen LogP contribution in [0.5, 0.6) is 0 Å². The Kier molecular flexibility index (Phi) is 8.58. The fourth-order valence-electron chi connectivity index (χ4n) is 2.13. The molecule has 13 heteroatoms. The molecule has 1 heterocycles. The predicted octanol–water partition coefficient (Wildman–Crippen LogP) is -0.223. The summed E-state index contributed by atoms with van der Waals surface area (Å²) in [5, 5.41) is 0. The highest BCUT2D eigenvalue weighted by atomic mass is 32.3. The van der Waals surface area contributed by atoms with E-state index in [9.17, 15) is 22.8 Å². The Morgan fingerprint density at radius 2 is 1.85 bits per heavy atom. The highest BCUT2D eigenvalue weighted by molar-refractivity contribution is 7.80. The van der Waals surface area contributed by atoms with Gasteiger partial charge >= 0.3 is 16.4 Å². The van der Waals surface area contributed by atoms with Crippen LogP contribution in [0.1, 0.15) is 37.0 Å². The minimum atomic E-state index is -4.89. The van der Waals surface area contributed by atoms with Crippen LogP contribution >= 0.6 is 0 Å². The summed E-state index contributed by atoms with van der Waals surface area (Å²) in [5.41, 5.74) is 6.24. The molecule has 0 unspecified atom stereocenters. The lowest BCUT2D eigenvalue weighted by Gasteiger charge is -2.29. The van der Waals surface area contributed by atoms with Crippen LogP contribution in [0, 0.1) is 0 Å². The molecule has 27 heavy (non-hydrogen) atoms. The van der Waals surface area contributed by atoms with Crippen LogP contribution in [0.15, 0.2) is 24.5 Å². The van der Waals surface area contributed by atoms with Crippen LogP contribution in [0.25, 0.3) is 0 Å². The molecule has 0 aliphatic carbocycles. The highest BCUT2D eigenvalue weighted by Gasteiger charge is 2.29. The first-order valence-corrected chi connectivity index (χ1v) is 9.28. The van der Waals surface area contributed by atoms with Gasteiger partial charge in [0, 0.05) is 24.5 Å². The van der Waals surface area contributed by atoms with Crippen molar-refractivity contribution < 1.29 is 31.6 Å². The smallest absolute Gasteiger partial charge is 0.311 e. The van der Waals surface area contributed by atoms with Crippen LogP contribution in [0.2, 0.25) is 0 Å². The number of urea groups is 1. The average Bonchev–Trinajstić information content (AvgIpc) is 2.64. The molecule has 0 aliphatic rings. The summed E-state index contributed by atoms with van der Waals surface area (Å²) < 4.78 is 33.4.